The first-order chi connectivity index (χ1) is 6.50. The molecule has 0 aliphatic heterocycles. The molecule has 0 saturated heterocycles. The Hall–Kier alpha value is -0.720. The molecule has 1 rings (SSSR count). The Kier molecular flexibility index (Phi) is 5.71. The highest BCUT2D eigenvalue weighted by atomic mass is 35.5. The number of nitrogens with zero attached hydrogens (tertiary/aromatic N) is 2. The van der Waals surface area contributed by atoms with Gasteiger partial charge in [-0.25, -0.2) is 4.98 Å². The van der Waals surface area contributed by atoms with Crippen molar-refractivity contribution < 1.29 is 9.90 Å². The smallest absolute Gasteiger partial charge is 0.303 e. The first kappa shape index (κ1) is 14.3. The maximum absolute atomic E-state index is 10.3. The lowest BCUT2D eigenvalue weighted by Crippen LogP contribution is -2.16. The number of carbonyl (C=O) groups is 1. The average Bonchev–Trinajstić information content (AvgIpc) is 2.41. The zero-order chi connectivity index (χ0) is 10.7. The van der Waals surface area contributed by atoms with Crippen LogP contribution in [-0.4, -0.2) is 20.6 Å². The van der Waals surface area contributed by atoms with Crippen molar-refractivity contribution in [2.75, 3.05) is 0 Å². The number of hydrogen-bond donors (Lipinski definition) is 3. The van der Waals surface area contributed by atoms with E-state index in [1.165, 1.54) is 0 Å². The summed E-state index contributed by atoms with van der Waals surface area (Å²) in [4.78, 5) is 14.4. The van der Waals surface area contributed by atoms with Crippen molar-refractivity contribution in [3.63, 3.8) is 0 Å². The van der Waals surface area contributed by atoms with Gasteiger partial charge in [0.15, 0.2) is 0 Å². The molecule has 0 spiro atoms. The number of carboxylic acid groups (broad SMARTS) is 1. The van der Waals surface area contributed by atoms with Crippen LogP contribution in [0.5, 0.6) is 0 Å². The number of aliphatic carboxylic acids is 1. The topological polar surface area (TPSA) is 81.1 Å². The van der Waals surface area contributed by atoms with Gasteiger partial charge in [0, 0.05) is 19.7 Å². The minimum Gasteiger partial charge on any atom is -0.481 e. The fourth-order valence-electron chi connectivity index (χ4n) is 1.22. The Morgan fingerprint density at radius 3 is 2.80 bits per heavy atom. The van der Waals surface area contributed by atoms with E-state index >= 15 is 0 Å². The largest absolute Gasteiger partial charge is 0.481 e. The summed E-state index contributed by atoms with van der Waals surface area (Å²) in [5.41, 5.74) is 5.78. The van der Waals surface area contributed by atoms with Crippen molar-refractivity contribution in [3.8, 4) is 0 Å². The van der Waals surface area contributed by atoms with E-state index in [4.69, 9.17) is 10.8 Å². The summed E-state index contributed by atoms with van der Waals surface area (Å²) in [6.45, 7) is 0. The third-order valence-corrected chi connectivity index (χ3v) is 2.12. The Balaban J connectivity index is 0.00000196. The molecule has 86 valence electrons. The predicted molar refractivity (Wildman–Crippen MR) is 61.5 cm³/mol. The molecular formula is C8H14ClN3O2S. The molecule has 0 bridgehead atoms. The number of carboxylic acids is 1. The fraction of sp³-hybridized carbons (Fsp3) is 0.500. The molecule has 1 aromatic rings. The molecule has 0 fully saturated rings. The van der Waals surface area contributed by atoms with E-state index in [0.717, 1.165) is 0 Å². The summed E-state index contributed by atoms with van der Waals surface area (Å²) < 4.78 is 1.76. The maximum Gasteiger partial charge on any atom is 0.303 e. The van der Waals surface area contributed by atoms with Crippen LogP contribution in [0.25, 0.3) is 0 Å². The number of aryl methyl sites for hydroxylation is 1. The van der Waals surface area contributed by atoms with Gasteiger partial charge >= 0.3 is 5.97 Å². The van der Waals surface area contributed by atoms with Crippen LogP contribution in [0.3, 0.4) is 0 Å². The lowest BCUT2D eigenvalue weighted by molar-refractivity contribution is -0.137. The van der Waals surface area contributed by atoms with E-state index in [9.17, 15) is 4.79 Å². The van der Waals surface area contributed by atoms with Gasteiger partial charge in [0.2, 0.25) is 0 Å². The van der Waals surface area contributed by atoms with Crippen LogP contribution in [0.4, 0.5) is 0 Å². The number of rotatable bonds is 4. The third-order valence-electron chi connectivity index (χ3n) is 1.90. The number of aromatic nitrogens is 2. The van der Waals surface area contributed by atoms with Crippen molar-refractivity contribution in [3.05, 3.63) is 12.0 Å². The van der Waals surface area contributed by atoms with Crippen molar-refractivity contribution in [1.82, 2.24) is 9.55 Å². The summed E-state index contributed by atoms with van der Waals surface area (Å²) in [5.74, 6) is -0.183. The van der Waals surface area contributed by atoms with E-state index in [1.807, 2.05) is 7.05 Å². The predicted octanol–water partition coefficient (Wildman–Crippen LogP) is 0.995. The maximum atomic E-state index is 10.3. The van der Waals surface area contributed by atoms with Crippen LogP contribution >= 0.6 is 25.0 Å². The molecule has 0 aliphatic carbocycles. The standard InChI is InChI=1S/C8H13N3O2S.ClH/c1-11-4-6(14)10-8(11)5(9)2-3-7(12)13;/h4-5,14H,2-3,9H2,1H3,(H,12,13);1H/t5-;/m0./s1. The molecule has 0 saturated carbocycles. The Morgan fingerprint density at radius 2 is 2.40 bits per heavy atom. The first-order valence-corrected chi connectivity index (χ1v) is 4.65. The number of halogens is 1. The molecule has 3 N–H and O–H groups in total. The molecule has 7 heteroatoms. The third kappa shape index (κ3) is 4.11. The lowest BCUT2D eigenvalue weighted by Gasteiger charge is -2.09. The van der Waals surface area contributed by atoms with Gasteiger partial charge in [-0.2, -0.15) is 0 Å². The van der Waals surface area contributed by atoms with Gasteiger partial charge in [0.1, 0.15) is 10.9 Å². The van der Waals surface area contributed by atoms with E-state index in [1.54, 1.807) is 10.8 Å². The van der Waals surface area contributed by atoms with Gasteiger partial charge in [-0.3, -0.25) is 4.79 Å². The molecule has 5 nitrogen and oxygen atoms in total. The minimum atomic E-state index is -0.847. The van der Waals surface area contributed by atoms with Crippen LogP contribution < -0.4 is 5.73 Å². The SMILES string of the molecule is Cl.Cn1cc(S)nc1[C@@H](N)CCC(=O)O. The van der Waals surface area contributed by atoms with Crippen molar-refractivity contribution in [1.29, 1.82) is 0 Å². The highest BCUT2D eigenvalue weighted by molar-refractivity contribution is 7.80. The summed E-state index contributed by atoms with van der Waals surface area (Å²) in [6.07, 6.45) is 2.17. The molecule has 0 radical (unpaired) electrons. The van der Waals surface area contributed by atoms with Gasteiger partial charge in [0.05, 0.1) is 6.04 Å². The zero-order valence-electron chi connectivity index (χ0n) is 8.25. The van der Waals surface area contributed by atoms with Crippen LogP contribution in [0.2, 0.25) is 0 Å². The van der Waals surface area contributed by atoms with Gasteiger partial charge in [-0.05, 0) is 6.42 Å². The average molecular weight is 252 g/mol. The molecule has 0 aromatic carbocycles. The van der Waals surface area contributed by atoms with Gasteiger partial charge in [-0.15, -0.1) is 25.0 Å². The Bertz CT molecular complexity index is 343. The lowest BCUT2D eigenvalue weighted by atomic mass is 10.1. The normalized spacial score (nSPS) is 11.9. The summed E-state index contributed by atoms with van der Waals surface area (Å²) in [7, 11) is 1.81. The highest BCUT2D eigenvalue weighted by Gasteiger charge is 2.13. The molecular weight excluding hydrogens is 238 g/mol. The number of nitrogens with two attached hydrogens (primary N) is 1. The summed E-state index contributed by atoms with van der Waals surface area (Å²) >= 11 is 4.07. The van der Waals surface area contributed by atoms with E-state index in [0.29, 0.717) is 17.3 Å². The molecule has 0 unspecified atom stereocenters. The second kappa shape index (κ2) is 5.99. The molecule has 0 amide bonds. The second-order valence-electron chi connectivity index (χ2n) is 3.11. The van der Waals surface area contributed by atoms with Gasteiger partial charge < -0.3 is 15.4 Å². The summed E-state index contributed by atoms with van der Waals surface area (Å²) in [6, 6.07) is -0.350. The summed E-state index contributed by atoms with van der Waals surface area (Å²) in [5, 5.41) is 9.08. The fourth-order valence-corrected chi connectivity index (χ4v) is 1.49. The second-order valence-corrected chi connectivity index (χ2v) is 3.57. The van der Waals surface area contributed by atoms with Gasteiger partial charge in [-0.1, -0.05) is 0 Å². The molecule has 1 atom stereocenters. The van der Waals surface area contributed by atoms with Crippen LogP contribution in [-0.2, 0) is 11.8 Å². The van der Waals surface area contributed by atoms with E-state index in [-0.39, 0.29) is 24.9 Å². The Morgan fingerprint density at radius 1 is 1.80 bits per heavy atom. The van der Waals surface area contributed by atoms with Crippen molar-refractivity contribution >= 4 is 31.0 Å². The number of thiol groups is 1. The first-order valence-electron chi connectivity index (χ1n) is 4.20. The van der Waals surface area contributed by atoms with E-state index in [2.05, 4.69) is 17.6 Å². The quantitative estimate of drug-likeness (QED) is 0.698. The minimum absolute atomic E-state index is 0. The molecule has 0 aliphatic rings. The van der Waals surface area contributed by atoms with Crippen molar-refractivity contribution in [2.24, 2.45) is 12.8 Å². The van der Waals surface area contributed by atoms with E-state index < -0.39 is 5.97 Å². The molecule has 1 aromatic heterocycles. The monoisotopic (exact) mass is 251 g/mol. The molecule has 1 heterocycles. The van der Waals surface area contributed by atoms with Crippen LogP contribution in [0, 0.1) is 0 Å². The number of hydrogen-bond acceptors (Lipinski definition) is 4. The van der Waals surface area contributed by atoms with Crippen LogP contribution in [0.15, 0.2) is 11.2 Å². The van der Waals surface area contributed by atoms with Crippen molar-refractivity contribution in [2.45, 2.75) is 23.9 Å². The molecule has 15 heavy (non-hydrogen) atoms. The highest BCUT2D eigenvalue weighted by Crippen LogP contribution is 2.16. The number of imidazole rings is 1. The zero-order valence-corrected chi connectivity index (χ0v) is 9.96. The van der Waals surface area contributed by atoms with Gasteiger partial charge in [0.25, 0.3) is 0 Å². The van der Waals surface area contributed by atoms with Crippen LogP contribution in [0.1, 0.15) is 24.7 Å². The Labute approximate surface area is 99.5 Å².